The van der Waals surface area contributed by atoms with E-state index >= 15 is 0 Å². The van der Waals surface area contributed by atoms with Gasteiger partial charge in [-0.1, -0.05) is 0 Å². The smallest absolute Gasteiger partial charge is 0.144 e. The van der Waals surface area contributed by atoms with Gasteiger partial charge in [0.25, 0.3) is 0 Å². The molecule has 1 atom stereocenters. The maximum atomic E-state index is 5.64. The van der Waals surface area contributed by atoms with Crippen LogP contribution in [0.3, 0.4) is 0 Å². The standard InChI is InChI=1S/C11H18N4O/c12-10-7-15-11(8-14-10)13-5-4-9-3-1-2-6-16-9/h7-9H,1-6H2,(H2,12,14)(H,13,15). The molecule has 0 aromatic carbocycles. The third-order valence-electron chi connectivity index (χ3n) is 2.72. The predicted molar refractivity (Wildman–Crippen MR) is 63.1 cm³/mol. The average Bonchev–Trinajstić information content (AvgIpc) is 2.33. The Balaban J connectivity index is 1.69. The van der Waals surface area contributed by atoms with E-state index < -0.39 is 0 Å². The number of anilines is 2. The number of aromatic nitrogens is 2. The topological polar surface area (TPSA) is 73.1 Å². The highest BCUT2D eigenvalue weighted by Gasteiger charge is 2.12. The maximum Gasteiger partial charge on any atom is 0.144 e. The van der Waals surface area contributed by atoms with E-state index in [0.717, 1.165) is 25.4 Å². The lowest BCUT2D eigenvalue weighted by Gasteiger charge is -2.22. The van der Waals surface area contributed by atoms with Crippen LogP contribution in [0.2, 0.25) is 0 Å². The van der Waals surface area contributed by atoms with Gasteiger partial charge >= 0.3 is 0 Å². The fourth-order valence-electron chi connectivity index (χ4n) is 1.83. The lowest BCUT2D eigenvalue weighted by Crippen LogP contribution is -2.22. The van der Waals surface area contributed by atoms with E-state index in [2.05, 4.69) is 15.3 Å². The molecule has 16 heavy (non-hydrogen) atoms. The van der Waals surface area contributed by atoms with E-state index in [1.807, 2.05) is 0 Å². The van der Waals surface area contributed by atoms with Gasteiger partial charge < -0.3 is 15.8 Å². The summed E-state index contributed by atoms with van der Waals surface area (Å²) in [5.41, 5.74) is 5.45. The van der Waals surface area contributed by atoms with Gasteiger partial charge in [0.2, 0.25) is 0 Å². The molecular weight excluding hydrogens is 204 g/mol. The molecule has 88 valence electrons. The summed E-state index contributed by atoms with van der Waals surface area (Å²) in [6.45, 7) is 1.77. The van der Waals surface area contributed by atoms with Crippen LogP contribution in [-0.2, 0) is 4.74 Å². The van der Waals surface area contributed by atoms with E-state index in [-0.39, 0.29) is 0 Å². The van der Waals surface area contributed by atoms with E-state index in [1.165, 1.54) is 19.3 Å². The van der Waals surface area contributed by atoms with Gasteiger partial charge in [0.05, 0.1) is 18.5 Å². The van der Waals surface area contributed by atoms with Gasteiger partial charge in [-0.05, 0) is 25.7 Å². The SMILES string of the molecule is Nc1cnc(NCCC2CCCCO2)cn1. The van der Waals surface area contributed by atoms with Crippen molar-refractivity contribution in [2.75, 3.05) is 24.2 Å². The van der Waals surface area contributed by atoms with E-state index in [9.17, 15) is 0 Å². The molecule has 2 rings (SSSR count). The zero-order valence-corrected chi connectivity index (χ0v) is 9.35. The Morgan fingerprint density at radius 2 is 2.31 bits per heavy atom. The van der Waals surface area contributed by atoms with Crippen molar-refractivity contribution < 1.29 is 4.74 Å². The third-order valence-corrected chi connectivity index (χ3v) is 2.72. The molecule has 5 nitrogen and oxygen atoms in total. The molecule has 1 aliphatic heterocycles. The van der Waals surface area contributed by atoms with Crippen LogP contribution in [0.25, 0.3) is 0 Å². The Labute approximate surface area is 95.4 Å². The monoisotopic (exact) mass is 222 g/mol. The molecular formula is C11H18N4O. The van der Waals surface area contributed by atoms with Crippen molar-refractivity contribution in [3.05, 3.63) is 12.4 Å². The van der Waals surface area contributed by atoms with Gasteiger partial charge in [0.15, 0.2) is 0 Å². The number of hydrogen-bond donors (Lipinski definition) is 2. The van der Waals surface area contributed by atoms with Crippen molar-refractivity contribution in [3.63, 3.8) is 0 Å². The lowest BCUT2D eigenvalue weighted by molar-refractivity contribution is 0.0134. The zero-order valence-electron chi connectivity index (χ0n) is 9.35. The summed E-state index contributed by atoms with van der Waals surface area (Å²) in [6.07, 6.45) is 8.29. The molecule has 1 aromatic rings. The van der Waals surface area contributed by atoms with Gasteiger partial charge in [0, 0.05) is 13.2 Å². The number of nitrogen functional groups attached to an aromatic ring is 1. The Kier molecular flexibility index (Phi) is 3.93. The number of ether oxygens (including phenoxy) is 1. The molecule has 1 saturated heterocycles. The first-order valence-corrected chi connectivity index (χ1v) is 5.77. The Hall–Kier alpha value is -1.36. The van der Waals surface area contributed by atoms with Gasteiger partial charge in [-0.25, -0.2) is 9.97 Å². The number of rotatable bonds is 4. The first-order chi connectivity index (χ1) is 7.84. The predicted octanol–water partition coefficient (Wildman–Crippen LogP) is 1.43. The van der Waals surface area contributed by atoms with Crippen LogP contribution in [0.15, 0.2) is 12.4 Å². The third kappa shape index (κ3) is 3.34. The van der Waals surface area contributed by atoms with Crippen molar-refractivity contribution in [1.82, 2.24) is 9.97 Å². The van der Waals surface area contributed by atoms with Crippen molar-refractivity contribution in [1.29, 1.82) is 0 Å². The molecule has 0 aliphatic carbocycles. The fraction of sp³-hybridized carbons (Fsp3) is 0.636. The van der Waals surface area contributed by atoms with Gasteiger partial charge in [-0.3, -0.25) is 0 Å². The van der Waals surface area contributed by atoms with Crippen LogP contribution in [0.1, 0.15) is 25.7 Å². The van der Waals surface area contributed by atoms with Crippen molar-refractivity contribution in [2.24, 2.45) is 0 Å². The zero-order chi connectivity index (χ0) is 11.2. The molecule has 3 N–H and O–H groups in total. The Morgan fingerprint density at radius 1 is 1.38 bits per heavy atom. The highest BCUT2D eigenvalue weighted by molar-refractivity contribution is 5.35. The largest absolute Gasteiger partial charge is 0.382 e. The molecule has 1 aliphatic rings. The van der Waals surface area contributed by atoms with Crippen molar-refractivity contribution in [3.8, 4) is 0 Å². The van der Waals surface area contributed by atoms with E-state index in [0.29, 0.717) is 11.9 Å². The lowest BCUT2D eigenvalue weighted by atomic mass is 10.1. The van der Waals surface area contributed by atoms with Crippen molar-refractivity contribution in [2.45, 2.75) is 31.8 Å². The summed E-state index contributed by atoms with van der Waals surface area (Å²) in [5, 5.41) is 3.21. The minimum absolute atomic E-state index is 0.406. The van der Waals surface area contributed by atoms with Crippen LogP contribution in [0.4, 0.5) is 11.6 Å². The number of nitrogens with two attached hydrogens (primary N) is 1. The van der Waals surface area contributed by atoms with Gasteiger partial charge in [-0.2, -0.15) is 0 Å². The molecule has 1 fully saturated rings. The van der Waals surface area contributed by atoms with E-state index in [4.69, 9.17) is 10.5 Å². The van der Waals surface area contributed by atoms with E-state index in [1.54, 1.807) is 12.4 Å². The molecule has 1 unspecified atom stereocenters. The molecule has 2 heterocycles. The number of nitrogens with one attached hydrogen (secondary N) is 1. The fourth-order valence-corrected chi connectivity index (χ4v) is 1.83. The minimum atomic E-state index is 0.406. The second-order valence-electron chi connectivity index (χ2n) is 4.03. The molecule has 0 spiro atoms. The highest BCUT2D eigenvalue weighted by Crippen LogP contribution is 2.15. The summed E-state index contributed by atoms with van der Waals surface area (Å²) in [5.74, 6) is 1.21. The van der Waals surface area contributed by atoms with Gasteiger partial charge in [0.1, 0.15) is 11.6 Å². The second-order valence-corrected chi connectivity index (χ2v) is 4.03. The molecule has 0 amide bonds. The minimum Gasteiger partial charge on any atom is -0.382 e. The van der Waals surface area contributed by atoms with Crippen LogP contribution >= 0.6 is 0 Å². The molecule has 5 heteroatoms. The van der Waals surface area contributed by atoms with Crippen LogP contribution in [0.5, 0.6) is 0 Å². The average molecular weight is 222 g/mol. The van der Waals surface area contributed by atoms with Gasteiger partial charge in [-0.15, -0.1) is 0 Å². The normalized spacial score (nSPS) is 20.6. The molecule has 1 aromatic heterocycles. The Bertz CT molecular complexity index is 308. The summed E-state index contributed by atoms with van der Waals surface area (Å²) in [7, 11) is 0. The second kappa shape index (κ2) is 5.65. The summed E-state index contributed by atoms with van der Waals surface area (Å²) < 4.78 is 5.64. The molecule has 0 saturated carbocycles. The first-order valence-electron chi connectivity index (χ1n) is 5.77. The summed E-state index contributed by atoms with van der Waals surface area (Å²) in [4.78, 5) is 8.09. The Morgan fingerprint density at radius 3 is 3.00 bits per heavy atom. The molecule has 0 bridgehead atoms. The molecule has 0 radical (unpaired) electrons. The summed E-state index contributed by atoms with van der Waals surface area (Å²) >= 11 is 0. The summed E-state index contributed by atoms with van der Waals surface area (Å²) in [6, 6.07) is 0. The van der Waals surface area contributed by atoms with Crippen molar-refractivity contribution >= 4 is 11.6 Å². The number of hydrogen-bond acceptors (Lipinski definition) is 5. The van der Waals surface area contributed by atoms with Crippen LogP contribution in [0, 0.1) is 0 Å². The van der Waals surface area contributed by atoms with Crippen LogP contribution < -0.4 is 11.1 Å². The maximum absolute atomic E-state index is 5.64. The first kappa shape index (κ1) is 11.1. The van der Waals surface area contributed by atoms with Crippen LogP contribution in [-0.4, -0.2) is 29.2 Å². The number of nitrogens with zero attached hydrogens (tertiary/aromatic N) is 2. The highest BCUT2D eigenvalue weighted by atomic mass is 16.5. The quantitative estimate of drug-likeness (QED) is 0.806.